The van der Waals surface area contributed by atoms with Crippen LogP contribution in [-0.2, 0) is 17.3 Å². The minimum absolute atomic E-state index is 0.0569. The number of methoxy groups -OCH3 is 1. The molecule has 0 N–H and O–H groups in total. The van der Waals surface area contributed by atoms with Crippen LogP contribution in [0.25, 0.3) is 0 Å². The van der Waals surface area contributed by atoms with E-state index in [4.69, 9.17) is 47.0 Å². The number of benzene rings is 2. The van der Waals surface area contributed by atoms with Crippen LogP contribution in [0.15, 0.2) is 53.4 Å². The quantitative estimate of drug-likeness (QED) is 0.535. The van der Waals surface area contributed by atoms with Gasteiger partial charge in [0.15, 0.2) is 0 Å². The summed E-state index contributed by atoms with van der Waals surface area (Å²) in [7, 11) is 7.82. The molecule has 0 saturated heterocycles. The van der Waals surface area contributed by atoms with Gasteiger partial charge >= 0.3 is 8.26 Å². The van der Waals surface area contributed by atoms with Gasteiger partial charge in [-0.15, -0.1) is 0 Å². The normalized spacial score (nSPS) is 10.6. The number of para-hydroxylation sites is 1. The van der Waals surface area contributed by atoms with Gasteiger partial charge < -0.3 is 4.74 Å². The Labute approximate surface area is 169 Å². The lowest BCUT2D eigenvalue weighted by molar-refractivity contribution is 0.415. The average molecular weight is 489 g/mol. The van der Waals surface area contributed by atoms with E-state index in [-0.39, 0.29) is 9.92 Å². The summed E-state index contributed by atoms with van der Waals surface area (Å²) in [5.74, 6) is 0.910. The maximum absolute atomic E-state index is 10.8. The van der Waals surface area contributed by atoms with Crippen molar-refractivity contribution >= 4 is 72.6 Å². The highest BCUT2D eigenvalue weighted by molar-refractivity contribution is 8.31. The zero-order valence-corrected chi connectivity index (χ0v) is 17.8. The Morgan fingerprint density at radius 2 is 1.28 bits per heavy atom. The Kier molecular flexibility index (Phi) is 11.1. The minimum atomic E-state index is -3.72. The zero-order valence-electron chi connectivity index (χ0n) is 12.4. The standard InChI is InChI=1S/C7H8O.C6H3Cl3O2S.Cl2O2S/c1-8-7-5-3-2-4-6-7;7-5-2-1-4(3-6(5)8)12(9,10)11;1-5(2,3)4/h2-6H,1H3;1-3H;. The largest absolute Gasteiger partial charge is 0.497 e. The third kappa shape index (κ3) is 13.5. The molecule has 140 valence electrons. The summed E-state index contributed by atoms with van der Waals surface area (Å²) in [5, 5.41) is 0.458. The van der Waals surface area contributed by atoms with Crippen molar-refractivity contribution < 1.29 is 21.6 Å². The Hall–Kier alpha value is -0.410. The first-order chi connectivity index (χ1) is 11.3. The summed E-state index contributed by atoms with van der Waals surface area (Å²) in [6.45, 7) is 0. The van der Waals surface area contributed by atoms with E-state index in [0.29, 0.717) is 5.02 Å². The van der Waals surface area contributed by atoms with Crippen molar-refractivity contribution in [3.8, 4) is 5.75 Å². The van der Waals surface area contributed by atoms with E-state index in [9.17, 15) is 8.42 Å². The van der Waals surface area contributed by atoms with Crippen LogP contribution in [-0.4, -0.2) is 23.9 Å². The van der Waals surface area contributed by atoms with Gasteiger partial charge in [-0.05, 0) is 30.3 Å². The molecule has 2 rings (SSSR count). The Bertz CT molecular complexity index is 863. The molecule has 0 radical (unpaired) electrons. The van der Waals surface area contributed by atoms with E-state index < -0.39 is 17.3 Å². The third-order valence-electron chi connectivity index (χ3n) is 2.15. The molecule has 0 aliphatic rings. The van der Waals surface area contributed by atoms with Gasteiger partial charge in [-0.25, -0.2) is 8.42 Å². The van der Waals surface area contributed by atoms with Crippen molar-refractivity contribution in [1.82, 2.24) is 0 Å². The van der Waals surface area contributed by atoms with Crippen molar-refractivity contribution in [3.05, 3.63) is 58.6 Å². The fraction of sp³-hybridized carbons (Fsp3) is 0.0769. The van der Waals surface area contributed by atoms with Gasteiger partial charge in [0.25, 0.3) is 9.05 Å². The molecule has 0 atom stereocenters. The molecule has 0 saturated carbocycles. The highest BCUT2D eigenvalue weighted by atomic mass is 36.0. The van der Waals surface area contributed by atoms with Crippen LogP contribution in [0.3, 0.4) is 0 Å². The van der Waals surface area contributed by atoms with Crippen LogP contribution in [0.2, 0.25) is 10.0 Å². The fourth-order valence-electron chi connectivity index (χ4n) is 1.19. The van der Waals surface area contributed by atoms with Crippen LogP contribution in [0.5, 0.6) is 5.75 Å². The van der Waals surface area contributed by atoms with Crippen molar-refractivity contribution in [3.63, 3.8) is 0 Å². The molecule has 0 amide bonds. The predicted molar refractivity (Wildman–Crippen MR) is 103 cm³/mol. The molecule has 0 aliphatic carbocycles. The second kappa shape index (κ2) is 11.3. The Balaban J connectivity index is 0.000000382. The second-order valence-corrected chi connectivity index (χ2v) is 11.0. The van der Waals surface area contributed by atoms with Crippen LogP contribution in [0, 0.1) is 0 Å². The molecular weight excluding hydrogens is 478 g/mol. The lowest BCUT2D eigenvalue weighted by Gasteiger charge is -1.97. The van der Waals surface area contributed by atoms with Gasteiger partial charge in [0.05, 0.1) is 22.1 Å². The number of hydrogen-bond donors (Lipinski definition) is 0. The Morgan fingerprint density at radius 1 is 0.800 bits per heavy atom. The number of hydrogen-bond acceptors (Lipinski definition) is 5. The van der Waals surface area contributed by atoms with E-state index in [1.165, 1.54) is 18.2 Å². The molecule has 0 heterocycles. The summed E-state index contributed by atoms with van der Waals surface area (Å²) < 4.78 is 44.8. The topological polar surface area (TPSA) is 77.5 Å². The van der Waals surface area contributed by atoms with E-state index in [1.807, 2.05) is 30.3 Å². The van der Waals surface area contributed by atoms with E-state index in [1.54, 1.807) is 7.11 Å². The van der Waals surface area contributed by atoms with E-state index in [0.717, 1.165) is 5.75 Å². The van der Waals surface area contributed by atoms with Crippen LogP contribution < -0.4 is 4.74 Å². The Morgan fingerprint density at radius 3 is 1.60 bits per heavy atom. The highest BCUT2D eigenvalue weighted by Crippen LogP contribution is 2.26. The fourth-order valence-corrected chi connectivity index (χ4v) is 2.33. The van der Waals surface area contributed by atoms with Gasteiger partial charge in [-0.1, -0.05) is 41.4 Å². The average Bonchev–Trinajstić information content (AvgIpc) is 2.49. The highest BCUT2D eigenvalue weighted by Gasteiger charge is 2.10. The molecule has 25 heavy (non-hydrogen) atoms. The molecular formula is C13H11Cl5O5S2. The molecule has 0 unspecified atom stereocenters. The summed E-state index contributed by atoms with van der Waals surface area (Å²) >= 11 is 11.1. The molecule has 0 fully saturated rings. The minimum Gasteiger partial charge on any atom is -0.497 e. The maximum atomic E-state index is 10.8. The lowest BCUT2D eigenvalue weighted by atomic mass is 10.3. The van der Waals surface area contributed by atoms with Crippen molar-refractivity contribution in [2.24, 2.45) is 0 Å². The van der Waals surface area contributed by atoms with Gasteiger partial charge in [-0.2, -0.15) is 8.42 Å². The summed E-state index contributed by atoms with van der Waals surface area (Å²) in [6.07, 6.45) is 0. The molecule has 12 heteroatoms. The third-order valence-corrected chi connectivity index (χ3v) is 4.24. The van der Waals surface area contributed by atoms with E-state index >= 15 is 0 Å². The summed E-state index contributed by atoms with van der Waals surface area (Å²) in [6, 6.07) is 13.5. The summed E-state index contributed by atoms with van der Waals surface area (Å²) in [5.41, 5.74) is 0. The second-order valence-electron chi connectivity index (χ2n) is 3.91. The molecule has 0 aliphatic heterocycles. The van der Waals surface area contributed by atoms with Crippen LogP contribution in [0.4, 0.5) is 0 Å². The van der Waals surface area contributed by atoms with Crippen molar-refractivity contribution in [2.75, 3.05) is 7.11 Å². The van der Waals surface area contributed by atoms with Gasteiger partial charge in [-0.3, -0.25) is 0 Å². The molecule has 5 nitrogen and oxygen atoms in total. The molecule has 0 aromatic heterocycles. The molecule has 2 aromatic carbocycles. The number of rotatable bonds is 2. The maximum Gasteiger partial charge on any atom is 0.317 e. The van der Waals surface area contributed by atoms with E-state index in [2.05, 4.69) is 21.4 Å². The van der Waals surface area contributed by atoms with Gasteiger partial charge in [0.2, 0.25) is 0 Å². The first-order valence-electron chi connectivity index (χ1n) is 5.97. The van der Waals surface area contributed by atoms with Gasteiger partial charge in [0.1, 0.15) is 5.75 Å². The zero-order chi connectivity index (χ0) is 19.7. The molecule has 0 bridgehead atoms. The lowest BCUT2D eigenvalue weighted by Crippen LogP contribution is -1.89. The number of halogens is 5. The molecule has 0 spiro atoms. The summed E-state index contributed by atoms with van der Waals surface area (Å²) in [4.78, 5) is -0.0569. The first kappa shape index (κ1) is 24.6. The van der Waals surface area contributed by atoms with Crippen molar-refractivity contribution in [2.45, 2.75) is 4.90 Å². The SMILES string of the molecule is COc1ccccc1.O=S(=O)(Cl)Cl.O=S(=O)(Cl)c1ccc(Cl)c(Cl)c1. The monoisotopic (exact) mass is 486 g/mol. The van der Waals surface area contributed by atoms with Crippen LogP contribution in [0.1, 0.15) is 0 Å². The first-order valence-corrected chi connectivity index (χ1v) is 12.2. The van der Waals surface area contributed by atoms with Crippen molar-refractivity contribution in [1.29, 1.82) is 0 Å². The predicted octanol–water partition coefficient (Wildman–Crippen LogP) is 5.32. The smallest absolute Gasteiger partial charge is 0.317 e. The number of ether oxygens (including phenoxy) is 1. The van der Waals surface area contributed by atoms with Gasteiger partial charge in [0, 0.05) is 32.0 Å². The van der Waals surface area contributed by atoms with Crippen LogP contribution >= 0.6 is 55.2 Å². The molecule has 2 aromatic rings.